The van der Waals surface area contributed by atoms with Gasteiger partial charge in [0.05, 0.1) is 0 Å². The van der Waals surface area contributed by atoms with Crippen molar-refractivity contribution in [3.05, 3.63) is 30.5 Å². The van der Waals surface area contributed by atoms with E-state index in [-0.39, 0.29) is 5.91 Å². The number of carbonyl (C=O) groups excluding carboxylic acids is 1. The summed E-state index contributed by atoms with van der Waals surface area (Å²) in [6.45, 7) is 2.47. The average Bonchev–Trinajstić information content (AvgIpc) is 2.61. The SMILES string of the molecule is CCNC(=O)c1cn2cnccc2n1. The van der Waals surface area contributed by atoms with Crippen molar-refractivity contribution >= 4 is 11.6 Å². The van der Waals surface area contributed by atoms with Crippen LogP contribution in [0.15, 0.2) is 24.8 Å². The molecule has 0 radical (unpaired) electrons. The van der Waals surface area contributed by atoms with Crippen LogP contribution in [0.2, 0.25) is 0 Å². The lowest BCUT2D eigenvalue weighted by atomic mass is 10.4. The summed E-state index contributed by atoms with van der Waals surface area (Å²) in [5, 5.41) is 2.69. The Balaban J connectivity index is 2.40. The molecule has 0 saturated heterocycles. The first-order valence-corrected chi connectivity index (χ1v) is 4.38. The van der Waals surface area contributed by atoms with Gasteiger partial charge in [-0.1, -0.05) is 0 Å². The van der Waals surface area contributed by atoms with Gasteiger partial charge in [0.25, 0.3) is 5.91 Å². The number of hydrogen-bond acceptors (Lipinski definition) is 3. The molecule has 1 N–H and O–H groups in total. The Bertz CT molecular complexity index is 430. The second-order valence-electron chi connectivity index (χ2n) is 2.83. The van der Waals surface area contributed by atoms with Crippen molar-refractivity contribution in [2.75, 3.05) is 6.54 Å². The molecule has 2 aromatic heterocycles. The van der Waals surface area contributed by atoms with Crippen LogP contribution in [-0.4, -0.2) is 26.8 Å². The Kier molecular flexibility index (Phi) is 2.14. The van der Waals surface area contributed by atoms with Gasteiger partial charge in [-0.3, -0.25) is 9.20 Å². The van der Waals surface area contributed by atoms with Crippen LogP contribution in [0.1, 0.15) is 17.4 Å². The summed E-state index contributed by atoms with van der Waals surface area (Å²) in [7, 11) is 0. The Morgan fingerprint density at radius 3 is 3.21 bits per heavy atom. The standard InChI is InChI=1S/C9H10N4O/c1-2-11-9(14)7-5-13-6-10-4-3-8(13)12-7/h3-6H,2H2,1H3,(H,11,14). The minimum absolute atomic E-state index is 0.156. The molecule has 0 aliphatic rings. The van der Waals surface area contributed by atoms with Crippen molar-refractivity contribution in [2.45, 2.75) is 6.92 Å². The van der Waals surface area contributed by atoms with Crippen LogP contribution in [0.25, 0.3) is 5.65 Å². The first-order chi connectivity index (χ1) is 6.81. The lowest BCUT2D eigenvalue weighted by Crippen LogP contribution is -2.22. The zero-order valence-electron chi connectivity index (χ0n) is 7.77. The summed E-state index contributed by atoms with van der Waals surface area (Å²) in [6.07, 6.45) is 4.92. The van der Waals surface area contributed by atoms with E-state index in [1.54, 1.807) is 29.2 Å². The van der Waals surface area contributed by atoms with E-state index in [1.165, 1.54) is 0 Å². The highest BCUT2D eigenvalue weighted by atomic mass is 16.1. The second-order valence-corrected chi connectivity index (χ2v) is 2.83. The minimum Gasteiger partial charge on any atom is -0.351 e. The van der Waals surface area contributed by atoms with Crippen LogP contribution >= 0.6 is 0 Å². The average molecular weight is 190 g/mol. The summed E-state index contributed by atoms with van der Waals surface area (Å²) < 4.78 is 1.71. The lowest BCUT2D eigenvalue weighted by molar-refractivity contribution is 0.0951. The summed E-state index contributed by atoms with van der Waals surface area (Å²) in [4.78, 5) is 19.5. The Labute approximate surface area is 80.8 Å². The van der Waals surface area contributed by atoms with Crippen molar-refractivity contribution < 1.29 is 4.79 Å². The van der Waals surface area contributed by atoms with Crippen molar-refractivity contribution in [3.63, 3.8) is 0 Å². The van der Waals surface area contributed by atoms with Crippen LogP contribution in [0.3, 0.4) is 0 Å². The maximum absolute atomic E-state index is 11.4. The Morgan fingerprint density at radius 2 is 2.50 bits per heavy atom. The van der Waals surface area contributed by atoms with Gasteiger partial charge in [0.1, 0.15) is 17.7 Å². The van der Waals surface area contributed by atoms with Gasteiger partial charge in [-0.2, -0.15) is 0 Å². The van der Waals surface area contributed by atoms with Gasteiger partial charge >= 0.3 is 0 Å². The minimum atomic E-state index is -0.156. The Hall–Kier alpha value is -1.91. The third-order valence-corrected chi connectivity index (χ3v) is 1.83. The van der Waals surface area contributed by atoms with Crippen LogP contribution in [-0.2, 0) is 0 Å². The molecule has 2 heterocycles. The van der Waals surface area contributed by atoms with E-state index in [9.17, 15) is 4.79 Å². The van der Waals surface area contributed by atoms with Crippen LogP contribution in [0.5, 0.6) is 0 Å². The van der Waals surface area contributed by atoms with Gasteiger partial charge in [-0.05, 0) is 13.0 Å². The Morgan fingerprint density at radius 1 is 1.64 bits per heavy atom. The fraction of sp³-hybridized carbons (Fsp3) is 0.222. The molecule has 0 bridgehead atoms. The zero-order chi connectivity index (χ0) is 9.97. The molecule has 0 aliphatic carbocycles. The smallest absolute Gasteiger partial charge is 0.271 e. The summed E-state index contributed by atoms with van der Waals surface area (Å²) in [6, 6.07) is 1.75. The molecule has 0 spiro atoms. The van der Waals surface area contributed by atoms with E-state index in [4.69, 9.17) is 0 Å². The highest BCUT2D eigenvalue weighted by Gasteiger charge is 2.08. The number of hydrogen-bond donors (Lipinski definition) is 1. The fourth-order valence-electron chi connectivity index (χ4n) is 1.20. The molecule has 5 heteroatoms. The first kappa shape index (κ1) is 8.68. The molecule has 1 amide bonds. The predicted molar refractivity (Wildman–Crippen MR) is 51.0 cm³/mol. The summed E-state index contributed by atoms with van der Waals surface area (Å²) in [5.41, 5.74) is 1.14. The molecule has 2 rings (SSSR count). The van der Waals surface area contributed by atoms with Gasteiger partial charge in [-0.25, -0.2) is 9.97 Å². The number of rotatable bonds is 2. The van der Waals surface area contributed by atoms with E-state index < -0.39 is 0 Å². The topological polar surface area (TPSA) is 59.3 Å². The summed E-state index contributed by atoms with van der Waals surface area (Å²) in [5.74, 6) is -0.156. The fourth-order valence-corrected chi connectivity index (χ4v) is 1.20. The third-order valence-electron chi connectivity index (χ3n) is 1.83. The predicted octanol–water partition coefficient (Wildman–Crippen LogP) is 0.479. The molecule has 0 saturated carbocycles. The molecular formula is C9H10N4O. The normalized spacial score (nSPS) is 10.4. The van der Waals surface area contributed by atoms with Crippen LogP contribution in [0.4, 0.5) is 0 Å². The summed E-state index contributed by atoms with van der Waals surface area (Å²) >= 11 is 0. The number of imidazole rings is 1. The van der Waals surface area contributed by atoms with E-state index in [1.807, 2.05) is 6.92 Å². The molecule has 5 nitrogen and oxygen atoms in total. The number of fused-ring (bicyclic) bond motifs is 1. The van der Waals surface area contributed by atoms with Crippen molar-refractivity contribution in [1.82, 2.24) is 19.7 Å². The van der Waals surface area contributed by atoms with E-state index >= 15 is 0 Å². The van der Waals surface area contributed by atoms with E-state index in [0.717, 1.165) is 5.65 Å². The number of carbonyl (C=O) groups is 1. The highest BCUT2D eigenvalue weighted by molar-refractivity contribution is 5.92. The zero-order valence-corrected chi connectivity index (χ0v) is 7.77. The quantitative estimate of drug-likeness (QED) is 0.749. The maximum atomic E-state index is 11.4. The highest BCUT2D eigenvalue weighted by Crippen LogP contribution is 2.02. The monoisotopic (exact) mass is 190 g/mol. The van der Waals surface area contributed by atoms with Crippen molar-refractivity contribution in [2.24, 2.45) is 0 Å². The van der Waals surface area contributed by atoms with E-state index in [0.29, 0.717) is 12.2 Å². The largest absolute Gasteiger partial charge is 0.351 e. The van der Waals surface area contributed by atoms with E-state index in [2.05, 4.69) is 15.3 Å². The molecule has 14 heavy (non-hydrogen) atoms. The van der Waals surface area contributed by atoms with Gasteiger partial charge in [0, 0.05) is 18.9 Å². The van der Waals surface area contributed by atoms with Crippen LogP contribution < -0.4 is 5.32 Å². The first-order valence-electron chi connectivity index (χ1n) is 4.38. The molecule has 0 fully saturated rings. The number of nitrogens with zero attached hydrogens (tertiary/aromatic N) is 3. The maximum Gasteiger partial charge on any atom is 0.271 e. The molecule has 2 aromatic rings. The number of nitrogens with one attached hydrogen (secondary N) is 1. The van der Waals surface area contributed by atoms with Crippen molar-refractivity contribution in [3.8, 4) is 0 Å². The molecule has 72 valence electrons. The van der Waals surface area contributed by atoms with Crippen molar-refractivity contribution in [1.29, 1.82) is 0 Å². The molecular weight excluding hydrogens is 180 g/mol. The molecule has 0 aromatic carbocycles. The molecule has 0 aliphatic heterocycles. The molecule has 0 unspecified atom stereocenters. The van der Waals surface area contributed by atoms with Gasteiger partial charge in [0.2, 0.25) is 0 Å². The van der Waals surface area contributed by atoms with Gasteiger partial charge < -0.3 is 5.32 Å². The lowest BCUT2D eigenvalue weighted by Gasteiger charge is -1.95. The second kappa shape index (κ2) is 3.45. The van der Waals surface area contributed by atoms with Gasteiger partial charge in [0.15, 0.2) is 0 Å². The van der Waals surface area contributed by atoms with Crippen LogP contribution in [0, 0.1) is 0 Å². The van der Waals surface area contributed by atoms with Gasteiger partial charge in [-0.15, -0.1) is 0 Å². The third kappa shape index (κ3) is 1.44. The number of aromatic nitrogens is 3. The number of amides is 1. The molecule has 0 atom stereocenters.